The van der Waals surface area contributed by atoms with Gasteiger partial charge in [0.1, 0.15) is 5.82 Å². The summed E-state index contributed by atoms with van der Waals surface area (Å²) >= 11 is 0. The van der Waals surface area contributed by atoms with Crippen molar-refractivity contribution in [3.05, 3.63) is 35.6 Å². The summed E-state index contributed by atoms with van der Waals surface area (Å²) in [6.07, 6.45) is 4.67. The van der Waals surface area contributed by atoms with E-state index < -0.39 is 0 Å². The van der Waals surface area contributed by atoms with E-state index >= 15 is 0 Å². The Balaban J connectivity index is 1.97. The molecule has 0 nitrogen and oxygen atoms in total. The third-order valence-electron chi connectivity index (χ3n) is 3.06. The van der Waals surface area contributed by atoms with Crippen molar-refractivity contribution in [3.8, 4) is 0 Å². The van der Waals surface area contributed by atoms with Gasteiger partial charge in [-0.2, -0.15) is 0 Å². The van der Waals surface area contributed by atoms with E-state index in [1.165, 1.54) is 12.8 Å². The second-order valence-electron chi connectivity index (χ2n) is 4.40. The van der Waals surface area contributed by atoms with Crippen molar-refractivity contribution in [1.82, 2.24) is 0 Å². The molecule has 2 rings (SSSR count). The molecule has 70 valence electrons. The topological polar surface area (TPSA) is 0 Å². The minimum atomic E-state index is -0.0493. The Bertz CT molecular complexity index is 300. The lowest BCUT2D eigenvalue weighted by Crippen LogP contribution is -1.98. The van der Waals surface area contributed by atoms with Crippen molar-refractivity contribution in [1.29, 1.82) is 0 Å². The van der Waals surface area contributed by atoms with Gasteiger partial charge in [-0.3, -0.25) is 0 Å². The molecule has 1 fully saturated rings. The fraction of sp³-hybridized carbons (Fsp3) is 0.500. The summed E-state index contributed by atoms with van der Waals surface area (Å²) in [5, 5.41) is 0. The lowest BCUT2D eigenvalue weighted by molar-refractivity contribution is 0.506. The van der Waals surface area contributed by atoms with Crippen LogP contribution in [-0.2, 0) is 6.42 Å². The van der Waals surface area contributed by atoms with Gasteiger partial charge in [-0.05, 0) is 42.7 Å². The second-order valence-corrected chi connectivity index (χ2v) is 4.40. The van der Waals surface area contributed by atoms with E-state index in [4.69, 9.17) is 0 Å². The predicted octanol–water partition coefficient (Wildman–Crippen LogP) is 3.56. The number of hydrogen-bond donors (Lipinski definition) is 0. The normalized spacial score (nSPS) is 18.6. The van der Waals surface area contributed by atoms with Crippen LogP contribution in [0.2, 0.25) is 0 Å². The van der Waals surface area contributed by atoms with Gasteiger partial charge in [0.25, 0.3) is 0 Å². The van der Waals surface area contributed by atoms with Gasteiger partial charge in [0.2, 0.25) is 0 Å². The van der Waals surface area contributed by atoms with Gasteiger partial charge in [0.05, 0.1) is 0 Å². The fourth-order valence-corrected chi connectivity index (χ4v) is 1.60. The zero-order valence-corrected chi connectivity index (χ0v) is 8.02. The smallest absolute Gasteiger partial charge is 0.126 e. The largest absolute Gasteiger partial charge is 0.207 e. The van der Waals surface area contributed by atoms with Crippen molar-refractivity contribution < 1.29 is 4.39 Å². The van der Waals surface area contributed by atoms with E-state index in [1.54, 1.807) is 12.1 Å². The highest BCUT2D eigenvalue weighted by atomic mass is 19.1. The van der Waals surface area contributed by atoms with Crippen LogP contribution in [0.3, 0.4) is 0 Å². The first-order valence-electron chi connectivity index (χ1n) is 4.93. The van der Waals surface area contributed by atoms with Crippen molar-refractivity contribution >= 4 is 0 Å². The van der Waals surface area contributed by atoms with Gasteiger partial charge in [-0.15, -0.1) is 0 Å². The first-order valence-corrected chi connectivity index (χ1v) is 4.93. The number of hydrogen-bond acceptors (Lipinski definition) is 0. The van der Waals surface area contributed by atoms with Gasteiger partial charge in [0, 0.05) is 0 Å². The Morgan fingerprint density at radius 2 is 2.00 bits per heavy atom. The third-order valence-corrected chi connectivity index (χ3v) is 3.06. The summed E-state index contributed by atoms with van der Waals surface area (Å²) < 4.78 is 13.2. The van der Waals surface area contributed by atoms with Crippen LogP contribution in [0.5, 0.6) is 0 Å². The van der Waals surface area contributed by atoms with Crippen molar-refractivity contribution in [2.24, 2.45) is 5.41 Å². The Morgan fingerprint density at radius 3 is 2.62 bits per heavy atom. The Labute approximate surface area is 78.8 Å². The maximum Gasteiger partial charge on any atom is 0.126 e. The van der Waals surface area contributed by atoms with Crippen LogP contribution in [0.1, 0.15) is 31.7 Å². The summed E-state index contributed by atoms with van der Waals surface area (Å²) in [6, 6.07) is 7.09. The van der Waals surface area contributed by atoms with Gasteiger partial charge in [-0.25, -0.2) is 4.39 Å². The monoisotopic (exact) mass is 178 g/mol. The van der Waals surface area contributed by atoms with Gasteiger partial charge >= 0.3 is 0 Å². The lowest BCUT2D eigenvalue weighted by atomic mass is 9.99. The zero-order chi connectivity index (χ0) is 9.31. The van der Waals surface area contributed by atoms with Gasteiger partial charge < -0.3 is 0 Å². The molecule has 1 heteroatoms. The number of rotatable bonds is 3. The molecule has 0 spiro atoms. The molecule has 1 aliphatic carbocycles. The van der Waals surface area contributed by atoms with Crippen LogP contribution in [0.25, 0.3) is 0 Å². The average molecular weight is 178 g/mol. The molecule has 0 N–H and O–H groups in total. The maximum absolute atomic E-state index is 13.2. The number of benzene rings is 1. The van der Waals surface area contributed by atoms with Crippen LogP contribution < -0.4 is 0 Å². The van der Waals surface area contributed by atoms with Crippen LogP contribution in [0.4, 0.5) is 4.39 Å². The van der Waals surface area contributed by atoms with Crippen molar-refractivity contribution in [3.63, 3.8) is 0 Å². The highest BCUT2D eigenvalue weighted by Gasteiger charge is 2.36. The molecule has 0 aliphatic heterocycles. The van der Waals surface area contributed by atoms with E-state index in [1.807, 2.05) is 12.1 Å². The Morgan fingerprint density at radius 1 is 1.31 bits per heavy atom. The van der Waals surface area contributed by atoms with E-state index in [0.717, 1.165) is 18.4 Å². The van der Waals surface area contributed by atoms with Gasteiger partial charge in [0.15, 0.2) is 0 Å². The number of aryl methyl sites for hydroxylation is 1. The molecule has 0 saturated heterocycles. The minimum Gasteiger partial charge on any atom is -0.207 e. The fourth-order valence-electron chi connectivity index (χ4n) is 1.60. The van der Waals surface area contributed by atoms with Crippen LogP contribution in [0, 0.1) is 11.2 Å². The third kappa shape index (κ3) is 2.09. The van der Waals surface area contributed by atoms with Crippen molar-refractivity contribution in [2.45, 2.75) is 32.6 Å². The van der Waals surface area contributed by atoms with E-state index in [2.05, 4.69) is 6.92 Å². The Kier molecular flexibility index (Phi) is 2.10. The van der Waals surface area contributed by atoms with E-state index in [9.17, 15) is 4.39 Å². The minimum absolute atomic E-state index is 0.0493. The molecule has 0 bridgehead atoms. The summed E-state index contributed by atoms with van der Waals surface area (Å²) in [6.45, 7) is 2.29. The molecule has 0 unspecified atom stereocenters. The average Bonchev–Trinajstić information content (AvgIpc) is 2.83. The number of halogens is 1. The first kappa shape index (κ1) is 8.74. The van der Waals surface area contributed by atoms with Crippen molar-refractivity contribution in [2.75, 3.05) is 0 Å². The SMILES string of the molecule is CC1(CCc2ccccc2F)CC1. The maximum atomic E-state index is 13.2. The molecule has 0 radical (unpaired) electrons. The van der Waals surface area contributed by atoms with E-state index in [0.29, 0.717) is 5.41 Å². The molecular formula is C12H15F. The zero-order valence-electron chi connectivity index (χ0n) is 8.02. The summed E-state index contributed by atoms with van der Waals surface area (Å²) in [5.41, 5.74) is 1.40. The van der Waals surface area contributed by atoms with Crippen LogP contribution in [0.15, 0.2) is 24.3 Å². The summed E-state index contributed by atoms with van der Waals surface area (Å²) in [5.74, 6) is -0.0493. The van der Waals surface area contributed by atoms with Crippen LogP contribution in [-0.4, -0.2) is 0 Å². The molecule has 0 aromatic heterocycles. The standard InChI is InChI=1S/C12H15F/c1-12(8-9-12)7-6-10-4-2-3-5-11(10)13/h2-5H,6-9H2,1H3. The van der Waals surface area contributed by atoms with Gasteiger partial charge in [-0.1, -0.05) is 25.1 Å². The van der Waals surface area contributed by atoms with Crippen LogP contribution >= 0.6 is 0 Å². The summed E-state index contributed by atoms with van der Waals surface area (Å²) in [4.78, 5) is 0. The quantitative estimate of drug-likeness (QED) is 0.664. The highest BCUT2D eigenvalue weighted by molar-refractivity contribution is 5.17. The second kappa shape index (κ2) is 3.13. The molecule has 0 amide bonds. The molecular weight excluding hydrogens is 163 g/mol. The molecule has 13 heavy (non-hydrogen) atoms. The lowest BCUT2D eigenvalue weighted by Gasteiger charge is -2.07. The first-order chi connectivity index (χ1) is 6.20. The summed E-state index contributed by atoms with van der Waals surface area (Å²) in [7, 11) is 0. The van der Waals surface area contributed by atoms with E-state index in [-0.39, 0.29) is 5.82 Å². The molecule has 0 heterocycles. The molecule has 1 aromatic rings. The molecule has 1 aromatic carbocycles. The molecule has 0 atom stereocenters. The predicted molar refractivity (Wildman–Crippen MR) is 52.1 cm³/mol. The molecule has 1 aliphatic rings. The molecule has 1 saturated carbocycles. The Hall–Kier alpha value is -0.850. The highest BCUT2D eigenvalue weighted by Crippen LogP contribution is 2.48.